The van der Waals surface area contributed by atoms with E-state index in [1.54, 1.807) is 11.3 Å². The predicted molar refractivity (Wildman–Crippen MR) is 123 cm³/mol. The summed E-state index contributed by atoms with van der Waals surface area (Å²) in [7, 11) is 2.23. The first-order chi connectivity index (χ1) is 12.0. The number of thiophene rings is 1. The Labute approximate surface area is 179 Å². The van der Waals surface area contributed by atoms with Crippen molar-refractivity contribution in [2.24, 2.45) is 4.99 Å². The number of likely N-dealkylation sites (N-methyl/N-ethyl adjacent to an activating group) is 1. The highest BCUT2D eigenvalue weighted by atomic mass is 127. The zero-order chi connectivity index (χ0) is 18.1. The Morgan fingerprint density at radius 2 is 2.08 bits per heavy atom. The number of guanidine groups is 1. The summed E-state index contributed by atoms with van der Waals surface area (Å²) >= 11 is 1.60. The first-order valence-electron chi connectivity index (χ1n) is 9.50. The van der Waals surface area contributed by atoms with Gasteiger partial charge in [-0.15, -0.1) is 24.0 Å². The number of hydrogen-bond acceptors (Lipinski definition) is 4. The van der Waals surface area contributed by atoms with Gasteiger partial charge in [0.05, 0.1) is 6.54 Å². The Balaban J connectivity index is 0.00000338. The van der Waals surface area contributed by atoms with Gasteiger partial charge in [0.1, 0.15) is 5.60 Å². The summed E-state index contributed by atoms with van der Waals surface area (Å²) < 4.78 is 0. The van der Waals surface area contributed by atoms with Crippen molar-refractivity contribution in [3.05, 3.63) is 22.4 Å². The summed E-state index contributed by atoms with van der Waals surface area (Å²) in [4.78, 5) is 7.05. The first-order valence-corrected chi connectivity index (χ1v) is 10.4. The van der Waals surface area contributed by atoms with Crippen LogP contribution in [0.2, 0.25) is 0 Å². The van der Waals surface area contributed by atoms with E-state index < -0.39 is 5.60 Å². The minimum atomic E-state index is -0.929. The molecule has 1 atom stereocenters. The van der Waals surface area contributed by atoms with Crippen LogP contribution in [0.5, 0.6) is 0 Å². The van der Waals surface area contributed by atoms with Gasteiger partial charge in [0.15, 0.2) is 5.96 Å². The number of halogens is 1. The van der Waals surface area contributed by atoms with E-state index in [-0.39, 0.29) is 24.0 Å². The second-order valence-electron chi connectivity index (χ2n) is 7.18. The van der Waals surface area contributed by atoms with Gasteiger partial charge in [-0.2, -0.15) is 11.3 Å². The topological polar surface area (TPSA) is 59.9 Å². The first kappa shape index (κ1) is 23.7. The van der Waals surface area contributed by atoms with Crippen molar-refractivity contribution in [2.45, 2.75) is 57.6 Å². The number of aliphatic imine (C=N–C) groups is 1. The van der Waals surface area contributed by atoms with Crippen LogP contribution >= 0.6 is 35.3 Å². The van der Waals surface area contributed by atoms with Gasteiger partial charge in [0.2, 0.25) is 0 Å². The molecule has 1 unspecified atom stereocenters. The molecule has 1 aromatic rings. The fourth-order valence-corrected chi connectivity index (χ4v) is 4.07. The van der Waals surface area contributed by atoms with Crippen molar-refractivity contribution < 1.29 is 5.11 Å². The molecule has 26 heavy (non-hydrogen) atoms. The molecule has 2 rings (SSSR count). The number of nitrogens with zero attached hydrogens (tertiary/aromatic N) is 2. The molecule has 0 radical (unpaired) electrons. The zero-order valence-corrected chi connectivity index (χ0v) is 19.5. The SMILES string of the molecule is CCNC(=NCC(C)(O)c1ccsc1)NCCN(C)C1CCCCC1.I. The second kappa shape index (κ2) is 12.2. The van der Waals surface area contributed by atoms with Crippen LogP contribution < -0.4 is 10.6 Å². The molecule has 0 bridgehead atoms. The zero-order valence-electron chi connectivity index (χ0n) is 16.3. The molecular weight excluding hydrogens is 459 g/mol. The molecule has 0 saturated heterocycles. The molecule has 1 aliphatic rings. The molecule has 1 saturated carbocycles. The number of hydrogen-bond donors (Lipinski definition) is 3. The van der Waals surface area contributed by atoms with Crippen LogP contribution in [0.15, 0.2) is 21.8 Å². The Hall–Kier alpha value is -0.380. The number of rotatable bonds is 8. The minimum absolute atomic E-state index is 0. The molecular formula is C19H35IN4OS. The maximum absolute atomic E-state index is 10.6. The lowest BCUT2D eigenvalue weighted by Crippen LogP contribution is -2.44. The summed E-state index contributed by atoms with van der Waals surface area (Å²) in [6.07, 6.45) is 6.78. The summed E-state index contributed by atoms with van der Waals surface area (Å²) in [5.41, 5.74) is -0.00420. The van der Waals surface area contributed by atoms with E-state index in [4.69, 9.17) is 0 Å². The number of aliphatic hydroxyl groups is 1. The van der Waals surface area contributed by atoms with E-state index in [1.165, 1.54) is 32.1 Å². The second-order valence-corrected chi connectivity index (χ2v) is 7.96. The fourth-order valence-electron chi connectivity index (χ4n) is 3.29. The van der Waals surface area contributed by atoms with Crippen molar-refractivity contribution >= 4 is 41.3 Å². The van der Waals surface area contributed by atoms with Crippen molar-refractivity contribution in [1.29, 1.82) is 0 Å². The lowest BCUT2D eigenvalue weighted by atomic mass is 9.94. The maximum Gasteiger partial charge on any atom is 0.191 e. The maximum atomic E-state index is 10.6. The van der Waals surface area contributed by atoms with Crippen LogP contribution in [0.25, 0.3) is 0 Å². The Bertz CT molecular complexity index is 516. The summed E-state index contributed by atoms with van der Waals surface area (Å²) in [5.74, 6) is 0.773. The molecule has 0 aromatic carbocycles. The molecule has 1 aromatic heterocycles. The predicted octanol–water partition coefficient (Wildman–Crippen LogP) is 3.39. The van der Waals surface area contributed by atoms with Gasteiger partial charge in [-0.25, -0.2) is 4.99 Å². The Morgan fingerprint density at radius 3 is 2.69 bits per heavy atom. The van der Waals surface area contributed by atoms with E-state index in [0.717, 1.165) is 37.2 Å². The largest absolute Gasteiger partial charge is 0.383 e. The lowest BCUT2D eigenvalue weighted by Gasteiger charge is -2.31. The van der Waals surface area contributed by atoms with Gasteiger partial charge in [0.25, 0.3) is 0 Å². The van der Waals surface area contributed by atoms with Gasteiger partial charge in [0, 0.05) is 25.7 Å². The van der Waals surface area contributed by atoms with E-state index >= 15 is 0 Å². The fraction of sp³-hybridized carbons (Fsp3) is 0.737. The van der Waals surface area contributed by atoms with Crippen LogP contribution in [0.1, 0.15) is 51.5 Å². The highest BCUT2D eigenvalue weighted by molar-refractivity contribution is 14.0. The standard InChI is InChI=1S/C19H34N4OS.HI/c1-4-20-18(22-15-19(2,24)16-10-13-25-14-16)21-11-12-23(3)17-8-6-5-7-9-17;/h10,13-14,17,24H,4-9,11-12,15H2,1-3H3,(H2,20,21,22);1H. The molecule has 1 fully saturated rings. The Kier molecular flexibility index (Phi) is 11.1. The third-order valence-corrected chi connectivity index (χ3v) is 5.67. The number of nitrogens with one attached hydrogen (secondary N) is 2. The van der Waals surface area contributed by atoms with Crippen LogP contribution in [0, 0.1) is 0 Å². The molecule has 1 heterocycles. The molecule has 0 spiro atoms. The average molecular weight is 494 g/mol. The van der Waals surface area contributed by atoms with Gasteiger partial charge < -0.3 is 20.6 Å². The third-order valence-electron chi connectivity index (χ3n) is 4.99. The van der Waals surface area contributed by atoms with Gasteiger partial charge >= 0.3 is 0 Å². The molecule has 150 valence electrons. The molecule has 0 aliphatic heterocycles. The van der Waals surface area contributed by atoms with Crippen LogP contribution in [-0.4, -0.2) is 55.2 Å². The molecule has 0 amide bonds. The monoisotopic (exact) mass is 494 g/mol. The lowest BCUT2D eigenvalue weighted by molar-refractivity contribution is 0.0677. The third kappa shape index (κ3) is 7.70. The molecule has 3 N–H and O–H groups in total. The van der Waals surface area contributed by atoms with Crippen LogP contribution in [0.3, 0.4) is 0 Å². The molecule has 5 nitrogen and oxygen atoms in total. The summed E-state index contributed by atoms with van der Waals surface area (Å²) in [6.45, 7) is 6.90. The van der Waals surface area contributed by atoms with Crippen molar-refractivity contribution in [3.8, 4) is 0 Å². The van der Waals surface area contributed by atoms with Gasteiger partial charge in [-0.3, -0.25) is 0 Å². The molecule has 1 aliphatic carbocycles. The minimum Gasteiger partial charge on any atom is -0.383 e. The summed E-state index contributed by atoms with van der Waals surface area (Å²) in [6, 6.07) is 2.69. The Morgan fingerprint density at radius 1 is 1.35 bits per heavy atom. The normalized spacial score (nSPS) is 18.3. The smallest absolute Gasteiger partial charge is 0.191 e. The van der Waals surface area contributed by atoms with Crippen molar-refractivity contribution in [1.82, 2.24) is 15.5 Å². The quantitative estimate of drug-likeness (QED) is 0.295. The van der Waals surface area contributed by atoms with Crippen LogP contribution in [0.4, 0.5) is 0 Å². The van der Waals surface area contributed by atoms with Gasteiger partial charge in [-0.05, 0) is 56.1 Å². The van der Waals surface area contributed by atoms with Crippen molar-refractivity contribution in [2.75, 3.05) is 33.2 Å². The van der Waals surface area contributed by atoms with E-state index in [9.17, 15) is 5.11 Å². The van der Waals surface area contributed by atoms with Gasteiger partial charge in [-0.1, -0.05) is 19.3 Å². The van der Waals surface area contributed by atoms with E-state index in [2.05, 4.69) is 34.5 Å². The summed E-state index contributed by atoms with van der Waals surface area (Å²) in [5, 5.41) is 21.2. The van der Waals surface area contributed by atoms with Crippen LogP contribution in [-0.2, 0) is 5.60 Å². The van der Waals surface area contributed by atoms with E-state index in [0.29, 0.717) is 6.54 Å². The van der Waals surface area contributed by atoms with E-state index in [1.807, 2.05) is 23.8 Å². The molecule has 7 heteroatoms. The highest BCUT2D eigenvalue weighted by Gasteiger charge is 2.23. The average Bonchev–Trinajstić information content (AvgIpc) is 3.16. The highest BCUT2D eigenvalue weighted by Crippen LogP contribution is 2.23. The van der Waals surface area contributed by atoms with Crippen molar-refractivity contribution in [3.63, 3.8) is 0 Å².